The molecule has 0 amide bonds. The lowest BCUT2D eigenvalue weighted by Gasteiger charge is -2.44. The lowest BCUT2D eigenvalue weighted by Crippen LogP contribution is -2.47. The van der Waals surface area contributed by atoms with Gasteiger partial charge >= 0.3 is 0 Å². The summed E-state index contributed by atoms with van der Waals surface area (Å²) in [5.41, 5.74) is 0.851. The molecule has 0 saturated heterocycles. The third-order valence-corrected chi connectivity index (χ3v) is 5.98. The molecule has 0 radical (unpaired) electrons. The van der Waals surface area contributed by atoms with E-state index in [1.807, 2.05) is 55.3 Å². The van der Waals surface area contributed by atoms with Gasteiger partial charge in [0.1, 0.15) is 5.60 Å². The first-order valence-corrected chi connectivity index (χ1v) is 10.9. The van der Waals surface area contributed by atoms with Gasteiger partial charge in [-0.05, 0) is 57.1 Å². The number of hydrazone groups is 1. The fourth-order valence-corrected chi connectivity index (χ4v) is 4.51. The van der Waals surface area contributed by atoms with Gasteiger partial charge in [0.25, 0.3) is 0 Å². The van der Waals surface area contributed by atoms with Crippen LogP contribution in [0.25, 0.3) is 0 Å². The highest BCUT2D eigenvalue weighted by molar-refractivity contribution is 7.20. The van der Waals surface area contributed by atoms with E-state index in [1.165, 1.54) is 5.57 Å². The maximum atomic E-state index is 11.3. The first-order valence-electron chi connectivity index (χ1n) is 10.2. The van der Waals surface area contributed by atoms with Gasteiger partial charge in [-0.15, -0.1) is 15.7 Å². The summed E-state index contributed by atoms with van der Waals surface area (Å²) in [4.78, 5) is 0. The van der Waals surface area contributed by atoms with Crippen LogP contribution < -0.4 is 0 Å². The molecule has 0 bridgehead atoms. The van der Waals surface area contributed by atoms with Crippen LogP contribution in [0.1, 0.15) is 67.2 Å². The lowest BCUT2D eigenvalue weighted by atomic mass is 9.62. The number of rotatable bonds is 9. The molecule has 1 fully saturated rings. The molecular formula is C25H41N2OP. The number of likely N-dealkylation sites (N-methyl/N-ethyl adjacent to an activating group) is 1. The maximum Gasteiger partial charge on any atom is 0.135 e. The minimum absolute atomic E-state index is 0. The van der Waals surface area contributed by atoms with Gasteiger partial charge in [-0.25, -0.2) is 0 Å². The Bertz CT molecular complexity index is 696. The predicted octanol–water partition coefficient (Wildman–Crippen LogP) is 6.31. The summed E-state index contributed by atoms with van der Waals surface area (Å²) in [5.74, 6) is 4.91. The number of nitrogens with zero attached hydrogens (tertiary/aromatic N) is 2. The molecule has 1 aliphatic carbocycles. The van der Waals surface area contributed by atoms with E-state index in [4.69, 9.17) is 6.42 Å². The molecule has 4 heteroatoms. The van der Waals surface area contributed by atoms with Gasteiger partial charge in [-0.1, -0.05) is 63.7 Å². The minimum Gasteiger partial charge on any atom is -0.377 e. The van der Waals surface area contributed by atoms with Crippen LogP contribution in [-0.4, -0.2) is 29.0 Å². The van der Waals surface area contributed by atoms with Gasteiger partial charge in [0, 0.05) is 18.7 Å². The SMILES string of the molecule is C.C#C[C@]1(O)CC/C(=C/CC)[C@@]1(CC/C=N\N(C)C(/C=C\C)=C/C=C/P)C(C)C. The molecule has 1 saturated carbocycles. The van der Waals surface area contributed by atoms with E-state index in [1.54, 1.807) is 0 Å². The van der Waals surface area contributed by atoms with Crippen LogP contribution in [0.2, 0.25) is 0 Å². The summed E-state index contributed by atoms with van der Waals surface area (Å²) < 4.78 is 0. The molecule has 3 atom stereocenters. The molecule has 0 aliphatic heterocycles. The molecule has 0 spiro atoms. The van der Waals surface area contributed by atoms with Crippen molar-refractivity contribution in [2.75, 3.05) is 7.05 Å². The second-order valence-corrected chi connectivity index (χ2v) is 7.99. The zero-order chi connectivity index (χ0) is 21.2. The third-order valence-electron chi connectivity index (χ3n) is 5.75. The Labute approximate surface area is 181 Å². The highest BCUT2D eigenvalue weighted by atomic mass is 31.0. The van der Waals surface area contributed by atoms with Crippen molar-refractivity contribution >= 4 is 15.5 Å². The minimum atomic E-state index is -1.08. The maximum absolute atomic E-state index is 11.3. The van der Waals surface area contributed by atoms with Crippen LogP contribution in [0.15, 0.2) is 52.6 Å². The second kappa shape index (κ2) is 12.8. The van der Waals surface area contributed by atoms with Crippen molar-refractivity contribution in [3.05, 3.63) is 47.5 Å². The van der Waals surface area contributed by atoms with Crippen LogP contribution in [0, 0.1) is 23.7 Å². The van der Waals surface area contributed by atoms with Crippen LogP contribution in [0.4, 0.5) is 0 Å². The van der Waals surface area contributed by atoms with E-state index >= 15 is 0 Å². The van der Waals surface area contributed by atoms with Gasteiger partial charge in [0.15, 0.2) is 0 Å². The standard InChI is InChI=1S/C24H37N2OP.CH4/c1-7-12-21-15-17-23(27,9-3)24(21,20(4)5)16-11-18-25-26(6)22(13-8-2)14-10-19-28;/h3,8,10,12-14,18-20,27H,7,11,15-17,28H2,1-2,4-6H3;1H4/b13-8-,19-10+,21-12-,22-14+,25-18-;/t23-,24+;/m0./s1. The van der Waals surface area contributed by atoms with E-state index in [9.17, 15) is 5.11 Å². The van der Waals surface area contributed by atoms with Crippen molar-refractivity contribution in [2.45, 2.75) is 72.8 Å². The van der Waals surface area contributed by atoms with E-state index < -0.39 is 5.60 Å². The third kappa shape index (κ3) is 6.18. The Balaban J connectivity index is 0.00000784. The first kappa shape index (κ1) is 27.4. The molecular weight excluding hydrogens is 375 g/mol. The van der Waals surface area contributed by atoms with Crippen molar-refractivity contribution in [2.24, 2.45) is 16.4 Å². The van der Waals surface area contributed by atoms with Crippen LogP contribution in [-0.2, 0) is 0 Å². The zero-order valence-electron chi connectivity index (χ0n) is 18.2. The van der Waals surface area contributed by atoms with Crippen LogP contribution >= 0.6 is 9.24 Å². The highest BCUT2D eigenvalue weighted by Gasteiger charge is 2.56. The molecule has 162 valence electrons. The number of allylic oxidation sites excluding steroid dienone is 5. The number of hydrogen-bond donors (Lipinski definition) is 1. The Hall–Kier alpha value is -1.62. The topological polar surface area (TPSA) is 35.8 Å². The molecule has 3 nitrogen and oxygen atoms in total. The zero-order valence-corrected chi connectivity index (χ0v) is 19.3. The smallest absolute Gasteiger partial charge is 0.135 e. The second-order valence-electron chi connectivity index (χ2n) is 7.61. The number of terminal acetylenes is 1. The molecule has 0 aromatic heterocycles. The molecule has 0 aromatic carbocycles. The quantitative estimate of drug-likeness (QED) is 0.119. The summed E-state index contributed by atoms with van der Waals surface area (Å²) in [6, 6.07) is 0. The highest BCUT2D eigenvalue weighted by Crippen LogP contribution is 2.57. The normalized spacial score (nSPS) is 26.7. The average Bonchev–Trinajstić information content (AvgIpc) is 2.96. The molecule has 29 heavy (non-hydrogen) atoms. The van der Waals surface area contributed by atoms with Crippen molar-refractivity contribution in [3.63, 3.8) is 0 Å². The number of aliphatic hydroxyl groups is 1. The first-order chi connectivity index (χ1) is 13.3. The van der Waals surface area contributed by atoms with E-state index in [2.05, 4.69) is 47.1 Å². The summed E-state index contributed by atoms with van der Waals surface area (Å²) in [7, 11) is 4.50. The van der Waals surface area contributed by atoms with E-state index in [0.29, 0.717) is 6.42 Å². The fourth-order valence-electron chi connectivity index (χ4n) is 4.40. The average molecular weight is 417 g/mol. The molecule has 1 N–H and O–H groups in total. The van der Waals surface area contributed by atoms with Gasteiger partial charge < -0.3 is 5.11 Å². The van der Waals surface area contributed by atoms with E-state index in [-0.39, 0.29) is 18.8 Å². The van der Waals surface area contributed by atoms with Crippen molar-refractivity contribution in [1.82, 2.24) is 5.01 Å². The lowest BCUT2D eigenvalue weighted by molar-refractivity contribution is -0.0260. The van der Waals surface area contributed by atoms with Crippen molar-refractivity contribution < 1.29 is 5.11 Å². The van der Waals surface area contributed by atoms with Gasteiger partial charge in [0.05, 0.1) is 5.70 Å². The Morgan fingerprint density at radius 2 is 2.14 bits per heavy atom. The summed E-state index contributed by atoms with van der Waals surface area (Å²) in [6.07, 6.45) is 22.0. The van der Waals surface area contributed by atoms with Crippen LogP contribution in [0.5, 0.6) is 0 Å². The van der Waals surface area contributed by atoms with Gasteiger partial charge in [0.2, 0.25) is 0 Å². The Morgan fingerprint density at radius 1 is 1.45 bits per heavy atom. The Kier molecular flexibility index (Phi) is 12.1. The number of hydrogen-bond acceptors (Lipinski definition) is 3. The molecule has 1 unspecified atom stereocenters. The van der Waals surface area contributed by atoms with Gasteiger partial charge in [-0.3, -0.25) is 5.01 Å². The summed E-state index contributed by atoms with van der Waals surface area (Å²) in [6.45, 7) is 8.47. The van der Waals surface area contributed by atoms with Gasteiger partial charge in [-0.2, -0.15) is 5.10 Å². The Morgan fingerprint density at radius 3 is 2.66 bits per heavy atom. The molecule has 1 aliphatic rings. The van der Waals surface area contributed by atoms with Crippen molar-refractivity contribution in [3.8, 4) is 12.3 Å². The van der Waals surface area contributed by atoms with E-state index in [0.717, 1.165) is 31.4 Å². The molecule has 0 aromatic rings. The van der Waals surface area contributed by atoms with Crippen molar-refractivity contribution in [1.29, 1.82) is 0 Å². The predicted molar refractivity (Wildman–Crippen MR) is 133 cm³/mol. The molecule has 1 rings (SSSR count). The largest absolute Gasteiger partial charge is 0.377 e. The monoisotopic (exact) mass is 416 g/mol. The summed E-state index contributed by atoms with van der Waals surface area (Å²) in [5, 5.41) is 17.7. The molecule has 0 heterocycles. The van der Waals surface area contributed by atoms with Crippen LogP contribution in [0.3, 0.4) is 0 Å². The fraction of sp³-hybridized carbons (Fsp3) is 0.560. The summed E-state index contributed by atoms with van der Waals surface area (Å²) >= 11 is 0.